The number of anilines is 1. The van der Waals surface area contributed by atoms with Crippen molar-refractivity contribution in [1.82, 2.24) is 15.1 Å². The van der Waals surface area contributed by atoms with E-state index in [1.54, 1.807) is 31.0 Å². The lowest BCUT2D eigenvalue weighted by Crippen LogP contribution is -2.50. The molecule has 30 heavy (non-hydrogen) atoms. The maximum Gasteiger partial charge on any atom is 0.251 e. The van der Waals surface area contributed by atoms with Crippen molar-refractivity contribution in [3.05, 3.63) is 76.5 Å². The van der Waals surface area contributed by atoms with Gasteiger partial charge in [-0.05, 0) is 43.7 Å². The van der Waals surface area contributed by atoms with Gasteiger partial charge in [-0.15, -0.1) is 0 Å². The zero-order chi connectivity index (χ0) is 21.4. The fraction of sp³-hybridized carbons (Fsp3) is 0.261. The van der Waals surface area contributed by atoms with Gasteiger partial charge in [0, 0.05) is 24.1 Å². The molecule has 2 aromatic carbocycles. The van der Waals surface area contributed by atoms with Gasteiger partial charge >= 0.3 is 0 Å². The number of benzene rings is 2. The SMILES string of the molecule is COc1cccc([C@@H]2c3c(C)nn(C)c3NC(=O)[C@H]2NC(=O)c2cccc(C)c2)c1. The van der Waals surface area contributed by atoms with Crippen LogP contribution in [-0.4, -0.2) is 34.7 Å². The quantitative estimate of drug-likeness (QED) is 0.700. The van der Waals surface area contributed by atoms with E-state index in [1.165, 1.54) is 0 Å². The Bertz CT molecular complexity index is 1140. The van der Waals surface area contributed by atoms with Gasteiger partial charge in [0.05, 0.1) is 12.8 Å². The van der Waals surface area contributed by atoms with E-state index in [1.807, 2.05) is 50.2 Å². The van der Waals surface area contributed by atoms with Gasteiger partial charge in [0.15, 0.2) is 0 Å². The van der Waals surface area contributed by atoms with Crippen molar-refractivity contribution in [2.24, 2.45) is 7.05 Å². The third-order valence-electron chi connectivity index (χ3n) is 5.46. The monoisotopic (exact) mass is 404 g/mol. The van der Waals surface area contributed by atoms with E-state index >= 15 is 0 Å². The largest absolute Gasteiger partial charge is 0.497 e. The second-order valence-corrected chi connectivity index (χ2v) is 7.54. The summed E-state index contributed by atoms with van der Waals surface area (Å²) < 4.78 is 7.05. The number of ether oxygens (including phenoxy) is 1. The van der Waals surface area contributed by atoms with Crippen molar-refractivity contribution in [2.45, 2.75) is 25.8 Å². The summed E-state index contributed by atoms with van der Waals surface area (Å²) in [5.41, 5.74) is 4.05. The molecule has 2 atom stereocenters. The van der Waals surface area contributed by atoms with Gasteiger partial charge in [0.2, 0.25) is 5.91 Å². The highest BCUT2D eigenvalue weighted by atomic mass is 16.5. The number of nitrogens with zero attached hydrogens (tertiary/aromatic N) is 2. The maximum absolute atomic E-state index is 13.1. The first kappa shape index (κ1) is 19.7. The number of aryl methyl sites for hydroxylation is 3. The van der Waals surface area contributed by atoms with Crippen LogP contribution in [0.2, 0.25) is 0 Å². The number of aromatic nitrogens is 2. The predicted molar refractivity (Wildman–Crippen MR) is 114 cm³/mol. The molecule has 7 nitrogen and oxygen atoms in total. The van der Waals surface area contributed by atoms with Crippen LogP contribution in [0.4, 0.5) is 5.82 Å². The van der Waals surface area contributed by atoms with Crippen LogP contribution in [0.15, 0.2) is 48.5 Å². The minimum Gasteiger partial charge on any atom is -0.497 e. The number of hydrogen-bond donors (Lipinski definition) is 2. The van der Waals surface area contributed by atoms with Gasteiger partial charge in [-0.25, -0.2) is 0 Å². The first-order valence-electron chi connectivity index (χ1n) is 9.75. The molecule has 1 aliphatic rings. The lowest BCUT2D eigenvalue weighted by Gasteiger charge is -2.32. The molecule has 2 heterocycles. The van der Waals surface area contributed by atoms with Gasteiger partial charge in [-0.1, -0.05) is 29.8 Å². The molecule has 0 radical (unpaired) electrons. The van der Waals surface area contributed by atoms with E-state index < -0.39 is 12.0 Å². The van der Waals surface area contributed by atoms with Crippen LogP contribution in [0.1, 0.15) is 38.7 Å². The number of carbonyl (C=O) groups excluding carboxylic acids is 2. The summed E-state index contributed by atoms with van der Waals surface area (Å²) in [7, 11) is 3.39. The summed E-state index contributed by atoms with van der Waals surface area (Å²) in [6.07, 6.45) is 0. The Hall–Kier alpha value is -3.61. The Labute approximate surface area is 175 Å². The molecule has 1 aromatic heterocycles. The van der Waals surface area contributed by atoms with E-state index in [-0.39, 0.29) is 11.8 Å². The molecule has 1 aliphatic heterocycles. The Kier molecular flexibility index (Phi) is 5.03. The van der Waals surface area contributed by atoms with E-state index in [0.717, 1.165) is 22.4 Å². The van der Waals surface area contributed by atoms with E-state index in [9.17, 15) is 9.59 Å². The fourth-order valence-corrected chi connectivity index (χ4v) is 4.06. The average Bonchev–Trinajstić information content (AvgIpc) is 3.01. The first-order chi connectivity index (χ1) is 14.4. The number of carbonyl (C=O) groups is 2. The number of nitrogens with one attached hydrogen (secondary N) is 2. The third-order valence-corrected chi connectivity index (χ3v) is 5.46. The predicted octanol–water partition coefficient (Wildman–Crippen LogP) is 2.93. The molecule has 4 rings (SSSR count). The Morgan fingerprint density at radius 2 is 1.93 bits per heavy atom. The molecule has 0 unspecified atom stereocenters. The molecular weight excluding hydrogens is 380 g/mol. The summed E-state index contributed by atoms with van der Waals surface area (Å²) in [4.78, 5) is 26.1. The molecule has 0 saturated heterocycles. The molecule has 0 fully saturated rings. The Balaban J connectivity index is 1.80. The second kappa shape index (κ2) is 7.67. The fourth-order valence-electron chi connectivity index (χ4n) is 4.06. The lowest BCUT2D eigenvalue weighted by atomic mass is 9.81. The zero-order valence-corrected chi connectivity index (χ0v) is 17.4. The second-order valence-electron chi connectivity index (χ2n) is 7.54. The Morgan fingerprint density at radius 1 is 1.17 bits per heavy atom. The number of hydrogen-bond acceptors (Lipinski definition) is 4. The molecule has 0 bridgehead atoms. The van der Waals surface area contributed by atoms with E-state index in [4.69, 9.17) is 4.74 Å². The summed E-state index contributed by atoms with van der Waals surface area (Å²) in [6.45, 7) is 3.83. The molecule has 2 N–H and O–H groups in total. The molecule has 154 valence electrons. The van der Waals surface area contributed by atoms with Crippen LogP contribution < -0.4 is 15.4 Å². The normalized spacial score (nSPS) is 17.8. The average molecular weight is 404 g/mol. The van der Waals surface area contributed by atoms with Crippen molar-refractivity contribution in [1.29, 1.82) is 0 Å². The van der Waals surface area contributed by atoms with Crippen molar-refractivity contribution in [3.8, 4) is 5.75 Å². The van der Waals surface area contributed by atoms with Crippen molar-refractivity contribution >= 4 is 17.6 Å². The maximum atomic E-state index is 13.1. The molecule has 0 saturated carbocycles. The van der Waals surface area contributed by atoms with E-state index in [2.05, 4.69) is 15.7 Å². The van der Waals surface area contributed by atoms with Gasteiger partial charge in [0.1, 0.15) is 17.6 Å². The summed E-state index contributed by atoms with van der Waals surface area (Å²) in [5, 5.41) is 10.3. The van der Waals surface area contributed by atoms with E-state index in [0.29, 0.717) is 17.1 Å². The highest BCUT2D eigenvalue weighted by molar-refractivity contribution is 6.04. The topological polar surface area (TPSA) is 85.2 Å². The molecular formula is C23H24N4O3. The molecule has 3 aromatic rings. The highest BCUT2D eigenvalue weighted by Gasteiger charge is 2.41. The van der Waals surface area contributed by atoms with Crippen LogP contribution >= 0.6 is 0 Å². The number of fused-ring (bicyclic) bond motifs is 1. The smallest absolute Gasteiger partial charge is 0.251 e. The third kappa shape index (κ3) is 3.43. The molecule has 2 amide bonds. The van der Waals surface area contributed by atoms with Crippen LogP contribution in [-0.2, 0) is 11.8 Å². The Morgan fingerprint density at radius 3 is 2.67 bits per heavy atom. The first-order valence-corrected chi connectivity index (χ1v) is 9.75. The number of amides is 2. The minimum atomic E-state index is -0.791. The van der Waals surface area contributed by atoms with Crippen LogP contribution in [0.5, 0.6) is 5.75 Å². The lowest BCUT2D eigenvalue weighted by molar-refractivity contribution is -0.118. The van der Waals surface area contributed by atoms with Gasteiger partial charge in [-0.2, -0.15) is 5.10 Å². The standard InChI is InChI=1S/C23H24N4O3/c1-13-7-5-9-16(11-13)22(28)24-20-19(15-8-6-10-17(12-15)30-4)18-14(2)26-27(3)21(18)25-23(20)29/h5-12,19-20H,1-4H3,(H,24,28)(H,25,29)/t19-,20+/m1/s1. The molecule has 0 spiro atoms. The zero-order valence-electron chi connectivity index (χ0n) is 17.4. The number of rotatable bonds is 4. The van der Waals surface area contributed by atoms with Crippen LogP contribution in [0.3, 0.4) is 0 Å². The molecule has 0 aliphatic carbocycles. The van der Waals surface area contributed by atoms with Crippen molar-refractivity contribution in [3.63, 3.8) is 0 Å². The van der Waals surface area contributed by atoms with Crippen LogP contribution in [0, 0.1) is 13.8 Å². The van der Waals surface area contributed by atoms with Gasteiger partial charge < -0.3 is 15.4 Å². The summed E-state index contributed by atoms with van der Waals surface area (Å²) in [6, 6.07) is 14.1. The van der Waals surface area contributed by atoms with Crippen molar-refractivity contribution < 1.29 is 14.3 Å². The summed E-state index contributed by atoms with van der Waals surface area (Å²) >= 11 is 0. The number of methoxy groups -OCH3 is 1. The van der Waals surface area contributed by atoms with Gasteiger partial charge in [-0.3, -0.25) is 14.3 Å². The van der Waals surface area contributed by atoms with Crippen LogP contribution in [0.25, 0.3) is 0 Å². The summed E-state index contributed by atoms with van der Waals surface area (Å²) in [5.74, 6) is 0.360. The minimum absolute atomic E-state index is 0.278. The van der Waals surface area contributed by atoms with Gasteiger partial charge in [0.25, 0.3) is 5.91 Å². The molecule has 7 heteroatoms. The highest BCUT2D eigenvalue weighted by Crippen LogP contribution is 2.40. The van der Waals surface area contributed by atoms with Crippen molar-refractivity contribution in [2.75, 3.05) is 12.4 Å².